The van der Waals surface area contributed by atoms with Gasteiger partial charge in [-0.3, -0.25) is 14.5 Å². The van der Waals surface area contributed by atoms with Gasteiger partial charge in [-0.2, -0.15) is 0 Å². The molecule has 0 aliphatic carbocycles. The van der Waals surface area contributed by atoms with E-state index in [0.717, 1.165) is 36.0 Å². The van der Waals surface area contributed by atoms with Gasteiger partial charge in [0, 0.05) is 13.6 Å². The van der Waals surface area contributed by atoms with Crippen molar-refractivity contribution in [1.29, 1.82) is 0 Å². The van der Waals surface area contributed by atoms with Crippen LogP contribution in [0, 0.1) is 0 Å². The molecule has 2 heterocycles. The molecular weight excluding hydrogens is 306 g/mol. The Balaban J connectivity index is 1.62. The summed E-state index contributed by atoms with van der Waals surface area (Å²) in [7, 11) is 1.95. The Morgan fingerprint density at radius 3 is 3.00 bits per heavy atom. The summed E-state index contributed by atoms with van der Waals surface area (Å²) in [4.78, 5) is 30.1. The van der Waals surface area contributed by atoms with Gasteiger partial charge in [0.2, 0.25) is 11.8 Å². The fraction of sp³-hybridized carbons (Fsp3) is 0.471. The van der Waals surface area contributed by atoms with Gasteiger partial charge in [0.15, 0.2) is 0 Å². The maximum atomic E-state index is 12.4. The molecule has 7 heteroatoms. The number of benzene rings is 1. The third-order valence-corrected chi connectivity index (χ3v) is 4.76. The first-order chi connectivity index (χ1) is 11.5. The first-order valence-corrected chi connectivity index (χ1v) is 8.20. The molecule has 0 radical (unpaired) electrons. The Kier molecular flexibility index (Phi) is 4.53. The van der Waals surface area contributed by atoms with Crippen molar-refractivity contribution in [1.82, 2.24) is 19.8 Å². The number of aryl methyl sites for hydroxylation is 1. The largest absolute Gasteiger partial charge is 0.368 e. The summed E-state index contributed by atoms with van der Waals surface area (Å²) in [6.07, 6.45) is 3.39. The average Bonchev–Trinajstić information content (AvgIpc) is 3.19. The lowest BCUT2D eigenvalue weighted by Gasteiger charge is -2.27. The highest BCUT2D eigenvalue weighted by Gasteiger charge is 2.35. The van der Waals surface area contributed by atoms with Crippen molar-refractivity contribution in [3.63, 3.8) is 0 Å². The molecule has 1 saturated heterocycles. The number of likely N-dealkylation sites (tertiary alicyclic amines) is 1. The van der Waals surface area contributed by atoms with Gasteiger partial charge in [-0.05, 0) is 44.0 Å². The van der Waals surface area contributed by atoms with Gasteiger partial charge in [0.05, 0.1) is 29.4 Å². The third kappa shape index (κ3) is 3.12. The van der Waals surface area contributed by atoms with Crippen LogP contribution < -0.4 is 11.1 Å². The number of hydrogen-bond acceptors (Lipinski definition) is 4. The molecule has 1 aliphatic heterocycles. The highest BCUT2D eigenvalue weighted by molar-refractivity contribution is 5.84. The van der Waals surface area contributed by atoms with E-state index in [4.69, 9.17) is 5.73 Å². The molecule has 24 heavy (non-hydrogen) atoms. The number of carbonyl (C=O) groups excluding carboxylic acids is 2. The van der Waals surface area contributed by atoms with E-state index in [1.54, 1.807) is 6.33 Å². The van der Waals surface area contributed by atoms with E-state index in [-0.39, 0.29) is 23.9 Å². The van der Waals surface area contributed by atoms with Crippen LogP contribution in [0.1, 0.15) is 25.3 Å². The van der Waals surface area contributed by atoms with Gasteiger partial charge >= 0.3 is 0 Å². The van der Waals surface area contributed by atoms with E-state index in [0.29, 0.717) is 6.54 Å². The molecular formula is C17H23N5O2. The molecule has 128 valence electrons. The minimum atomic E-state index is -0.372. The summed E-state index contributed by atoms with van der Waals surface area (Å²) in [6.45, 7) is 2.98. The molecule has 0 bridgehead atoms. The first kappa shape index (κ1) is 16.4. The van der Waals surface area contributed by atoms with Crippen molar-refractivity contribution in [3.05, 3.63) is 30.1 Å². The molecule has 0 saturated carbocycles. The number of hydrogen-bond donors (Lipinski definition) is 2. The predicted molar refractivity (Wildman–Crippen MR) is 90.9 cm³/mol. The number of nitrogens with one attached hydrogen (secondary N) is 1. The Morgan fingerprint density at radius 2 is 2.25 bits per heavy atom. The number of nitrogens with two attached hydrogens (primary N) is 1. The van der Waals surface area contributed by atoms with Crippen LogP contribution in [0.2, 0.25) is 0 Å². The third-order valence-electron chi connectivity index (χ3n) is 4.76. The predicted octanol–water partition coefficient (Wildman–Crippen LogP) is 0.528. The fourth-order valence-electron chi connectivity index (χ4n) is 3.34. The fourth-order valence-corrected chi connectivity index (χ4v) is 3.34. The summed E-state index contributed by atoms with van der Waals surface area (Å²) < 4.78 is 1.96. The molecule has 1 unspecified atom stereocenters. The topological polar surface area (TPSA) is 93.2 Å². The Labute approximate surface area is 140 Å². The highest BCUT2D eigenvalue weighted by atomic mass is 16.2. The summed E-state index contributed by atoms with van der Waals surface area (Å²) >= 11 is 0. The molecule has 2 atom stereocenters. The average molecular weight is 329 g/mol. The summed E-state index contributed by atoms with van der Waals surface area (Å²) in [5, 5.41) is 2.94. The Hall–Kier alpha value is -2.41. The van der Waals surface area contributed by atoms with Crippen molar-refractivity contribution in [2.45, 2.75) is 38.4 Å². The maximum Gasteiger partial charge on any atom is 0.237 e. The van der Waals surface area contributed by atoms with E-state index in [2.05, 4.69) is 10.3 Å². The Morgan fingerprint density at radius 1 is 1.46 bits per heavy atom. The minimum absolute atomic E-state index is 0.0933. The second-order valence-electron chi connectivity index (χ2n) is 6.37. The lowest BCUT2D eigenvalue weighted by atomic mass is 10.1. The molecule has 0 spiro atoms. The van der Waals surface area contributed by atoms with Crippen molar-refractivity contribution in [2.24, 2.45) is 12.8 Å². The summed E-state index contributed by atoms with van der Waals surface area (Å²) in [5.41, 5.74) is 8.38. The lowest BCUT2D eigenvalue weighted by molar-refractivity contribution is -0.129. The molecule has 1 aromatic heterocycles. The van der Waals surface area contributed by atoms with Gasteiger partial charge < -0.3 is 15.6 Å². The zero-order valence-electron chi connectivity index (χ0n) is 14.0. The molecule has 1 aromatic carbocycles. The van der Waals surface area contributed by atoms with Crippen LogP contribution in [0.4, 0.5) is 0 Å². The Bertz CT molecular complexity index is 769. The van der Waals surface area contributed by atoms with E-state index in [9.17, 15) is 9.59 Å². The van der Waals surface area contributed by atoms with E-state index >= 15 is 0 Å². The summed E-state index contributed by atoms with van der Waals surface area (Å²) in [5.74, 6) is -0.447. The van der Waals surface area contributed by atoms with E-state index < -0.39 is 0 Å². The van der Waals surface area contributed by atoms with Crippen molar-refractivity contribution in [2.75, 3.05) is 6.54 Å². The number of imidazole rings is 1. The number of rotatable bonds is 5. The van der Waals surface area contributed by atoms with E-state index in [1.165, 1.54) is 0 Å². The number of amides is 2. The molecule has 2 amide bonds. The lowest BCUT2D eigenvalue weighted by Crippen LogP contribution is -2.50. The number of primary amides is 1. The quantitative estimate of drug-likeness (QED) is 0.837. The smallest absolute Gasteiger partial charge is 0.237 e. The minimum Gasteiger partial charge on any atom is -0.368 e. The molecule has 7 nitrogen and oxygen atoms in total. The second-order valence-corrected chi connectivity index (χ2v) is 6.37. The van der Waals surface area contributed by atoms with Gasteiger partial charge in [-0.15, -0.1) is 0 Å². The van der Waals surface area contributed by atoms with Crippen molar-refractivity contribution >= 4 is 22.8 Å². The SMILES string of the molecule is C[C@@H](C(=O)NCc1ccc2c(c1)ncn2C)N1CCCC1C(N)=O. The molecule has 1 aliphatic rings. The van der Waals surface area contributed by atoms with Crippen LogP contribution in [-0.4, -0.2) is 44.9 Å². The molecule has 2 aromatic rings. The zero-order chi connectivity index (χ0) is 17.3. The van der Waals surface area contributed by atoms with Crippen LogP contribution in [0.15, 0.2) is 24.5 Å². The van der Waals surface area contributed by atoms with Gasteiger partial charge in [-0.25, -0.2) is 4.98 Å². The molecule has 3 N–H and O–H groups in total. The van der Waals surface area contributed by atoms with Crippen LogP contribution in [0.3, 0.4) is 0 Å². The van der Waals surface area contributed by atoms with Crippen LogP contribution in [0.25, 0.3) is 11.0 Å². The maximum absolute atomic E-state index is 12.4. The van der Waals surface area contributed by atoms with Gasteiger partial charge in [-0.1, -0.05) is 6.07 Å². The van der Waals surface area contributed by atoms with Crippen LogP contribution in [0.5, 0.6) is 0 Å². The van der Waals surface area contributed by atoms with Gasteiger partial charge in [0.25, 0.3) is 0 Å². The van der Waals surface area contributed by atoms with Crippen molar-refractivity contribution < 1.29 is 9.59 Å². The molecule has 1 fully saturated rings. The number of aromatic nitrogens is 2. The number of carbonyl (C=O) groups is 2. The van der Waals surface area contributed by atoms with Gasteiger partial charge in [0.1, 0.15) is 0 Å². The van der Waals surface area contributed by atoms with Crippen molar-refractivity contribution in [3.8, 4) is 0 Å². The zero-order valence-corrected chi connectivity index (χ0v) is 14.0. The number of fused-ring (bicyclic) bond motifs is 1. The second kappa shape index (κ2) is 6.60. The van der Waals surface area contributed by atoms with E-state index in [1.807, 2.05) is 41.6 Å². The van der Waals surface area contributed by atoms with Crippen LogP contribution >= 0.6 is 0 Å². The first-order valence-electron chi connectivity index (χ1n) is 8.20. The number of nitrogens with zero attached hydrogens (tertiary/aromatic N) is 3. The standard InChI is InChI=1S/C17H23N5O2/c1-11(22-7-3-4-15(22)16(18)23)17(24)19-9-12-5-6-14-13(8-12)20-10-21(14)2/h5-6,8,10-11,15H,3-4,7,9H2,1-2H3,(H2,18,23)(H,19,24)/t11-,15?/m0/s1. The molecule has 3 rings (SSSR count). The monoisotopic (exact) mass is 329 g/mol. The van der Waals surface area contributed by atoms with Crippen LogP contribution in [-0.2, 0) is 23.2 Å². The normalized spacial score (nSPS) is 19.5. The summed E-state index contributed by atoms with van der Waals surface area (Å²) in [6, 6.07) is 5.25. The highest BCUT2D eigenvalue weighted by Crippen LogP contribution is 2.20.